The Kier molecular flexibility index (Phi) is 5.73. The smallest absolute Gasteiger partial charge is 0.481 e. The molecule has 0 aliphatic carbocycles. The lowest BCUT2D eigenvalue weighted by molar-refractivity contribution is -0.274. The van der Waals surface area contributed by atoms with Crippen LogP contribution in [-0.4, -0.2) is 18.4 Å². The lowest BCUT2D eigenvalue weighted by Gasteiger charge is -2.18. The summed E-state index contributed by atoms with van der Waals surface area (Å²) in [5.41, 5.74) is 0.347. The minimum absolute atomic E-state index is 0.347. The van der Waals surface area contributed by atoms with E-state index >= 15 is 0 Å². The Morgan fingerprint density at radius 1 is 0.964 bits per heavy atom. The van der Waals surface area contributed by atoms with Gasteiger partial charge in [0.1, 0.15) is 11.5 Å². The van der Waals surface area contributed by atoms with Gasteiger partial charge in [0.05, 0.1) is 0 Å². The number of anilines is 1. The summed E-state index contributed by atoms with van der Waals surface area (Å²) < 4.78 is 46.2. The number of benzene rings is 3. The largest absolute Gasteiger partial charge is 0.573 e. The van der Waals surface area contributed by atoms with Crippen molar-refractivity contribution in [2.24, 2.45) is 0 Å². The summed E-state index contributed by atoms with van der Waals surface area (Å²) in [7, 11) is 0. The number of rotatable bonds is 6. The number of amides is 1. The van der Waals surface area contributed by atoms with E-state index in [0.29, 0.717) is 17.9 Å². The van der Waals surface area contributed by atoms with Crippen molar-refractivity contribution in [1.82, 2.24) is 0 Å². The van der Waals surface area contributed by atoms with Crippen LogP contribution in [0.15, 0.2) is 66.7 Å². The van der Waals surface area contributed by atoms with Gasteiger partial charge in [-0.25, -0.2) is 0 Å². The molecule has 1 atom stereocenters. The first kappa shape index (κ1) is 19.5. The van der Waals surface area contributed by atoms with E-state index in [-0.39, 0.29) is 11.7 Å². The fraction of sp³-hybridized carbons (Fsp3) is 0.190. The molecule has 0 saturated heterocycles. The molecule has 0 spiro atoms. The van der Waals surface area contributed by atoms with Gasteiger partial charge in [-0.05, 0) is 53.6 Å². The zero-order chi connectivity index (χ0) is 20.1. The van der Waals surface area contributed by atoms with Crippen LogP contribution < -0.4 is 14.8 Å². The van der Waals surface area contributed by atoms with E-state index in [1.165, 1.54) is 12.1 Å². The minimum atomic E-state index is -4.76. The molecule has 1 N–H and O–H groups in total. The van der Waals surface area contributed by atoms with Crippen molar-refractivity contribution in [1.29, 1.82) is 0 Å². The summed E-state index contributed by atoms with van der Waals surface area (Å²) in [6, 6.07) is 18.3. The van der Waals surface area contributed by atoms with Gasteiger partial charge in [0, 0.05) is 5.69 Å². The Morgan fingerprint density at radius 3 is 2.25 bits per heavy atom. The predicted octanol–water partition coefficient (Wildman–Crippen LogP) is 5.53. The molecule has 0 saturated carbocycles. The van der Waals surface area contributed by atoms with E-state index in [2.05, 4.69) is 10.1 Å². The first-order valence-electron chi connectivity index (χ1n) is 8.66. The van der Waals surface area contributed by atoms with Crippen LogP contribution in [0.25, 0.3) is 10.8 Å². The van der Waals surface area contributed by atoms with Gasteiger partial charge in [-0.3, -0.25) is 4.79 Å². The first-order chi connectivity index (χ1) is 13.3. The molecular formula is C21H18F3NO3. The molecule has 4 nitrogen and oxygen atoms in total. The molecule has 0 bridgehead atoms. The van der Waals surface area contributed by atoms with Crippen molar-refractivity contribution in [3.8, 4) is 11.5 Å². The van der Waals surface area contributed by atoms with Crippen molar-refractivity contribution in [2.75, 3.05) is 5.32 Å². The van der Waals surface area contributed by atoms with Crippen LogP contribution >= 0.6 is 0 Å². The van der Waals surface area contributed by atoms with Crippen LogP contribution in [0.4, 0.5) is 18.9 Å². The Balaban J connectivity index is 1.65. The van der Waals surface area contributed by atoms with Crippen molar-refractivity contribution in [3.63, 3.8) is 0 Å². The maximum Gasteiger partial charge on any atom is 0.573 e. The Labute approximate surface area is 159 Å². The quantitative estimate of drug-likeness (QED) is 0.603. The van der Waals surface area contributed by atoms with E-state index in [1.54, 1.807) is 6.07 Å². The molecule has 28 heavy (non-hydrogen) atoms. The molecule has 3 rings (SSSR count). The van der Waals surface area contributed by atoms with E-state index < -0.39 is 12.5 Å². The highest BCUT2D eigenvalue weighted by Crippen LogP contribution is 2.25. The summed E-state index contributed by atoms with van der Waals surface area (Å²) >= 11 is 0. The van der Waals surface area contributed by atoms with Crippen molar-refractivity contribution < 1.29 is 27.4 Å². The van der Waals surface area contributed by atoms with E-state index in [4.69, 9.17) is 4.74 Å². The molecule has 0 aliphatic rings. The molecule has 0 heterocycles. The third kappa shape index (κ3) is 5.16. The average Bonchev–Trinajstić information content (AvgIpc) is 2.66. The normalized spacial score (nSPS) is 12.4. The minimum Gasteiger partial charge on any atom is -0.481 e. The zero-order valence-electron chi connectivity index (χ0n) is 15.0. The summed E-state index contributed by atoms with van der Waals surface area (Å²) in [6.07, 6.45) is -5.08. The van der Waals surface area contributed by atoms with Crippen LogP contribution in [0.5, 0.6) is 11.5 Å². The average molecular weight is 389 g/mol. The highest BCUT2D eigenvalue weighted by Gasteiger charge is 2.31. The molecule has 7 heteroatoms. The topological polar surface area (TPSA) is 47.6 Å². The van der Waals surface area contributed by atoms with Crippen molar-refractivity contribution in [3.05, 3.63) is 66.7 Å². The number of ether oxygens (including phenoxy) is 2. The van der Waals surface area contributed by atoms with E-state index in [0.717, 1.165) is 22.9 Å². The van der Waals surface area contributed by atoms with Gasteiger partial charge < -0.3 is 14.8 Å². The zero-order valence-corrected chi connectivity index (χ0v) is 15.0. The third-order valence-corrected chi connectivity index (χ3v) is 4.02. The van der Waals surface area contributed by atoms with Crippen LogP contribution in [-0.2, 0) is 4.79 Å². The summed E-state index contributed by atoms with van der Waals surface area (Å²) in [4.78, 5) is 12.5. The van der Waals surface area contributed by atoms with Crippen LogP contribution in [0.2, 0.25) is 0 Å². The van der Waals surface area contributed by atoms with Crippen molar-refractivity contribution >= 4 is 22.4 Å². The lowest BCUT2D eigenvalue weighted by Crippen LogP contribution is -2.32. The van der Waals surface area contributed by atoms with Gasteiger partial charge in [0.2, 0.25) is 0 Å². The first-order valence-corrected chi connectivity index (χ1v) is 8.66. The maximum atomic E-state index is 12.5. The molecule has 0 aliphatic heterocycles. The van der Waals surface area contributed by atoms with E-state index in [9.17, 15) is 18.0 Å². The Morgan fingerprint density at radius 2 is 1.61 bits per heavy atom. The fourth-order valence-electron chi connectivity index (χ4n) is 2.69. The van der Waals surface area contributed by atoms with Crippen LogP contribution in [0.1, 0.15) is 13.3 Å². The Hall–Kier alpha value is -3.22. The van der Waals surface area contributed by atoms with Gasteiger partial charge in [-0.15, -0.1) is 13.2 Å². The van der Waals surface area contributed by atoms with Crippen LogP contribution in [0.3, 0.4) is 0 Å². The highest BCUT2D eigenvalue weighted by atomic mass is 19.4. The molecule has 1 unspecified atom stereocenters. The molecular weight excluding hydrogens is 371 g/mol. The molecule has 0 radical (unpaired) electrons. The monoisotopic (exact) mass is 389 g/mol. The number of carbonyl (C=O) groups is 1. The third-order valence-electron chi connectivity index (χ3n) is 4.02. The standard InChI is InChI=1S/C21H18F3NO3/c1-2-19(27-18-10-7-14-5-3-4-6-15(14)13-18)20(26)25-16-8-11-17(12-9-16)28-21(22,23)24/h3-13,19H,2H2,1H3,(H,25,26). The van der Waals surface area contributed by atoms with Gasteiger partial charge >= 0.3 is 6.36 Å². The van der Waals surface area contributed by atoms with Gasteiger partial charge in [-0.1, -0.05) is 37.3 Å². The Bertz CT molecular complexity index is 955. The van der Waals surface area contributed by atoms with E-state index in [1.807, 2.05) is 43.3 Å². The second kappa shape index (κ2) is 8.21. The number of nitrogens with one attached hydrogen (secondary N) is 1. The van der Waals surface area contributed by atoms with Gasteiger partial charge in [-0.2, -0.15) is 0 Å². The number of carbonyl (C=O) groups excluding carboxylic acids is 1. The second-order valence-corrected chi connectivity index (χ2v) is 6.09. The lowest BCUT2D eigenvalue weighted by atomic mass is 10.1. The number of halogens is 3. The summed E-state index contributed by atoms with van der Waals surface area (Å²) in [5, 5.41) is 4.70. The molecule has 0 aromatic heterocycles. The SMILES string of the molecule is CCC(Oc1ccc2ccccc2c1)C(=O)Nc1ccc(OC(F)(F)F)cc1. The number of alkyl halides is 3. The van der Waals surface area contributed by atoms with Crippen LogP contribution in [0, 0.1) is 0 Å². The predicted molar refractivity (Wildman–Crippen MR) is 100 cm³/mol. The second-order valence-electron chi connectivity index (χ2n) is 6.09. The fourth-order valence-corrected chi connectivity index (χ4v) is 2.69. The maximum absolute atomic E-state index is 12.5. The van der Waals surface area contributed by atoms with Gasteiger partial charge in [0.25, 0.3) is 5.91 Å². The molecule has 0 fully saturated rings. The molecule has 146 valence electrons. The summed E-state index contributed by atoms with van der Waals surface area (Å²) in [5.74, 6) is -0.181. The number of hydrogen-bond donors (Lipinski definition) is 1. The number of fused-ring (bicyclic) bond motifs is 1. The van der Waals surface area contributed by atoms with Crippen molar-refractivity contribution in [2.45, 2.75) is 25.8 Å². The molecule has 3 aromatic carbocycles. The summed E-state index contributed by atoms with van der Waals surface area (Å²) in [6.45, 7) is 1.81. The van der Waals surface area contributed by atoms with Gasteiger partial charge in [0.15, 0.2) is 6.10 Å². The number of hydrogen-bond acceptors (Lipinski definition) is 3. The highest BCUT2D eigenvalue weighted by molar-refractivity contribution is 5.94. The molecule has 3 aromatic rings. The molecule has 1 amide bonds.